The zero-order valence-corrected chi connectivity index (χ0v) is 15.2. The molecule has 1 aliphatic heterocycles. The van der Waals surface area contributed by atoms with Crippen molar-refractivity contribution in [1.82, 2.24) is 9.88 Å². The van der Waals surface area contributed by atoms with Gasteiger partial charge in [-0.3, -0.25) is 14.9 Å². The number of carbonyl (C=O) groups excluding carboxylic acids is 1. The second-order valence-corrected chi connectivity index (χ2v) is 7.37. The zero-order chi connectivity index (χ0) is 18.8. The molecule has 1 saturated heterocycles. The number of non-ortho nitro benzene ring substituents is 1. The van der Waals surface area contributed by atoms with Gasteiger partial charge in [0, 0.05) is 12.6 Å². The van der Waals surface area contributed by atoms with Gasteiger partial charge in [-0.15, -0.1) is 11.3 Å². The monoisotopic (exact) mass is 383 g/mol. The van der Waals surface area contributed by atoms with Crippen molar-refractivity contribution >= 4 is 33.1 Å². The second kappa shape index (κ2) is 7.32. The number of para-hydroxylation sites is 1. The summed E-state index contributed by atoms with van der Waals surface area (Å²) in [5, 5.41) is 11.8. The lowest BCUT2D eigenvalue weighted by Crippen LogP contribution is -2.34. The molecular weight excluding hydrogens is 366 g/mol. The highest BCUT2D eigenvalue weighted by Gasteiger charge is 2.32. The smallest absolute Gasteiger partial charge is 0.273 e. The largest absolute Gasteiger partial charge is 0.484 e. The Hall–Kier alpha value is -3.00. The first kappa shape index (κ1) is 17.4. The Kier molecular flexibility index (Phi) is 4.72. The van der Waals surface area contributed by atoms with E-state index in [-0.39, 0.29) is 24.2 Å². The molecule has 0 aliphatic carbocycles. The van der Waals surface area contributed by atoms with Crippen LogP contribution in [0.2, 0.25) is 0 Å². The van der Waals surface area contributed by atoms with E-state index < -0.39 is 4.92 Å². The maximum atomic E-state index is 12.7. The molecule has 2 heterocycles. The number of likely N-dealkylation sites (tertiary alicyclic amines) is 1. The van der Waals surface area contributed by atoms with Gasteiger partial charge < -0.3 is 9.64 Å². The number of benzene rings is 2. The predicted molar refractivity (Wildman–Crippen MR) is 102 cm³/mol. The van der Waals surface area contributed by atoms with E-state index in [4.69, 9.17) is 4.74 Å². The summed E-state index contributed by atoms with van der Waals surface area (Å²) in [5.41, 5.74) is 0.887. The van der Waals surface area contributed by atoms with Crippen LogP contribution in [0.25, 0.3) is 10.2 Å². The quantitative estimate of drug-likeness (QED) is 0.492. The molecule has 0 bridgehead atoms. The number of rotatable bonds is 5. The fourth-order valence-corrected chi connectivity index (χ4v) is 4.38. The first-order chi connectivity index (χ1) is 13.1. The number of hydrogen-bond donors (Lipinski definition) is 0. The minimum atomic E-state index is -0.488. The summed E-state index contributed by atoms with van der Waals surface area (Å²) < 4.78 is 6.61. The van der Waals surface area contributed by atoms with Gasteiger partial charge in [0.1, 0.15) is 10.8 Å². The molecule has 4 rings (SSSR count). The molecule has 3 aromatic rings. The van der Waals surface area contributed by atoms with Crippen LogP contribution in [0.1, 0.15) is 23.9 Å². The first-order valence-corrected chi connectivity index (χ1v) is 9.45. The fourth-order valence-electron chi connectivity index (χ4n) is 3.27. The molecule has 0 radical (unpaired) electrons. The Balaban J connectivity index is 1.46. The average molecular weight is 383 g/mol. The Morgan fingerprint density at radius 2 is 2.15 bits per heavy atom. The highest BCUT2D eigenvalue weighted by atomic mass is 32.1. The van der Waals surface area contributed by atoms with E-state index in [1.165, 1.54) is 18.2 Å². The van der Waals surface area contributed by atoms with Crippen molar-refractivity contribution in [3.8, 4) is 5.75 Å². The Morgan fingerprint density at radius 3 is 2.96 bits per heavy atom. The molecule has 0 saturated carbocycles. The summed E-state index contributed by atoms with van der Waals surface area (Å²) in [6.07, 6.45) is 1.80. The normalized spacial score (nSPS) is 16.6. The third kappa shape index (κ3) is 3.61. The van der Waals surface area contributed by atoms with Crippen molar-refractivity contribution in [1.29, 1.82) is 0 Å². The maximum Gasteiger partial charge on any atom is 0.273 e. The van der Waals surface area contributed by atoms with Crippen molar-refractivity contribution in [2.45, 2.75) is 18.9 Å². The van der Waals surface area contributed by atoms with Crippen LogP contribution in [0.15, 0.2) is 48.5 Å². The number of hydrogen-bond acceptors (Lipinski definition) is 6. The molecule has 1 aliphatic rings. The van der Waals surface area contributed by atoms with Crippen molar-refractivity contribution in [3.63, 3.8) is 0 Å². The molecule has 7 nitrogen and oxygen atoms in total. The zero-order valence-electron chi connectivity index (χ0n) is 14.4. The van der Waals surface area contributed by atoms with Crippen LogP contribution in [0, 0.1) is 10.1 Å². The second-order valence-electron chi connectivity index (χ2n) is 6.31. The van der Waals surface area contributed by atoms with Crippen LogP contribution in [0.4, 0.5) is 5.69 Å². The third-order valence-electron chi connectivity index (χ3n) is 4.56. The minimum absolute atomic E-state index is 0.0383. The number of fused-ring (bicyclic) bond motifs is 1. The van der Waals surface area contributed by atoms with E-state index in [1.807, 2.05) is 24.3 Å². The van der Waals surface area contributed by atoms with Gasteiger partial charge >= 0.3 is 0 Å². The van der Waals surface area contributed by atoms with Crippen LogP contribution >= 0.6 is 11.3 Å². The molecule has 8 heteroatoms. The SMILES string of the molecule is O=C(COc1cccc([N+](=O)[O-])c1)N1CCC[C@H]1c1nc2ccccc2s1. The molecule has 1 fully saturated rings. The van der Waals surface area contributed by atoms with Gasteiger partial charge in [-0.1, -0.05) is 18.2 Å². The van der Waals surface area contributed by atoms with E-state index in [2.05, 4.69) is 4.98 Å². The molecule has 1 amide bonds. The number of aromatic nitrogens is 1. The maximum absolute atomic E-state index is 12.7. The average Bonchev–Trinajstić information content (AvgIpc) is 3.32. The Morgan fingerprint density at radius 1 is 1.30 bits per heavy atom. The number of thiazole rings is 1. The number of carbonyl (C=O) groups is 1. The molecule has 138 valence electrons. The molecule has 0 spiro atoms. The highest BCUT2D eigenvalue weighted by molar-refractivity contribution is 7.18. The summed E-state index contributed by atoms with van der Waals surface area (Å²) in [6.45, 7) is 0.514. The van der Waals surface area contributed by atoms with Gasteiger partial charge in [-0.25, -0.2) is 4.98 Å². The van der Waals surface area contributed by atoms with E-state index in [9.17, 15) is 14.9 Å². The number of nitrogens with zero attached hydrogens (tertiary/aromatic N) is 3. The number of amides is 1. The molecule has 0 unspecified atom stereocenters. The van der Waals surface area contributed by atoms with Crippen LogP contribution in [0.3, 0.4) is 0 Å². The lowest BCUT2D eigenvalue weighted by atomic mass is 10.2. The Bertz CT molecular complexity index is 970. The minimum Gasteiger partial charge on any atom is -0.484 e. The van der Waals surface area contributed by atoms with Crippen LogP contribution in [-0.4, -0.2) is 33.9 Å². The number of nitro benzene ring substituents is 1. The van der Waals surface area contributed by atoms with Gasteiger partial charge in [0.2, 0.25) is 0 Å². The van der Waals surface area contributed by atoms with Crippen molar-refractivity contribution in [3.05, 3.63) is 63.7 Å². The summed E-state index contributed by atoms with van der Waals surface area (Å²) >= 11 is 1.61. The summed E-state index contributed by atoms with van der Waals surface area (Å²) in [5.74, 6) is 0.177. The highest BCUT2D eigenvalue weighted by Crippen LogP contribution is 2.36. The van der Waals surface area contributed by atoms with Crippen molar-refractivity contribution < 1.29 is 14.5 Å². The van der Waals surface area contributed by atoms with Gasteiger partial charge in [0.15, 0.2) is 6.61 Å². The van der Waals surface area contributed by atoms with Gasteiger partial charge in [-0.2, -0.15) is 0 Å². The molecule has 1 aromatic heterocycles. The van der Waals surface area contributed by atoms with Gasteiger partial charge in [0.25, 0.3) is 11.6 Å². The number of nitro groups is 1. The van der Waals surface area contributed by atoms with E-state index >= 15 is 0 Å². The van der Waals surface area contributed by atoms with Gasteiger partial charge in [0.05, 0.1) is 27.2 Å². The van der Waals surface area contributed by atoms with E-state index in [1.54, 1.807) is 22.3 Å². The molecule has 2 aromatic carbocycles. The third-order valence-corrected chi connectivity index (χ3v) is 5.70. The molecule has 27 heavy (non-hydrogen) atoms. The van der Waals surface area contributed by atoms with Gasteiger partial charge in [-0.05, 0) is 31.0 Å². The van der Waals surface area contributed by atoms with Crippen LogP contribution in [-0.2, 0) is 4.79 Å². The Labute approximate surface area is 159 Å². The summed E-state index contributed by atoms with van der Waals surface area (Å²) in [7, 11) is 0. The van der Waals surface area contributed by atoms with Crippen LogP contribution in [0.5, 0.6) is 5.75 Å². The van der Waals surface area contributed by atoms with E-state index in [0.717, 1.165) is 28.1 Å². The molecular formula is C19H17N3O4S. The molecule has 0 N–H and O–H groups in total. The topological polar surface area (TPSA) is 85.6 Å². The summed E-state index contributed by atoms with van der Waals surface area (Å²) in [4.78, 5) is 29.5. The number of ether oxygens (including phenoxy) is 1. The van der Waals surface area contributed by atoms with Crippen molar-refractivity contribution in [2.24, 2.45) is 0 Å². The van der Waals surface area contributed by atoms with E-state index in [0.29, 0.717) is 12.3 Å². The lowest BCUT2D eigenvalue weighted by molar-refractivity contribution is -0.384. The fraction of sp³-hybridized carbons (Fsp3) is 0.263. The summed E-state index contributed by atoms with van der Waals surface area (Å²) in [6, 6.07) is 13.8. The van der Waals surface area contributed by atoms with Crippen LogP contribution < -0.4 is 4.74 Å². The van der Waals surface area contributed by atoms with Crippen molar-refractivity contribution in [2.75, 3.05) is 13.2 Å². The first-order valence-electron chi connectivity index (χ1n) is 8.64. The lowest BCUT2D eigenvalue weighted by Gasteiger charge is -2.23. The predicted octanol–water partition coefficient (Wildman–Crippen LogP) is 3.95. The molecule has 1 atom stereocenters. The standard InChI is InChI=1S/C19H17N3O4S/c23-18(12-26-14-6-3-5-13(11-14)22(24)25)21-10-4-8-16(21)19-20-15-7-1-2-9-17(15)27-19/h1-3,5-7,9,11,16H,4,8,10,12H2/t16-/m0/s1.